The lowest BCUT2D eigenvalue weighted by Crippen LogP contribution is -2.57. The molecule has 0 spiro atoms. The van der Waals surface area contributed by atoms with Crippen molar-refractivity contribution in [3.63, 3.8) is 0 Å². The summed E-state index contributed by atoms with van der Waals surface area (Å²) < 4.78 is 43.9. The number of alkyl halides is 1. The Labute approximate surface area is 286 Å². The third-order valence-corrected chi connectivity index (χ3v) is 10.6. The number of aromatic nitrogens is 5. The number of amides is 1. The zero-order valence-electron chi connectivity index (χ0n) is 28.7. The number of piperidine rings is 1. The maximum atomic E-state index is 14.6. The number of carbonyl (C=O) groups excluding carboxylic acids is 1. The molecule has 3 saturated heterocycles. The molecule has 16 heteroatoms. The first kappa shape index (κ1) is 34.8. The van der Waals surface area contributed by atoms with Crippen LogP contribution >= 0.6 is 0 Å². The van der Waals surface area contributed by atoms with Gasteiger partial charge in [0, 0.05) is 80.7 Å². The lowest BCUT2D eigenvalue weighted by molar-refractivity contribution is -0.127. The van der Waals surface area contributed by atoms with Gasteiger partial charge in [0.1, 0.15) is 27.6 Å². The predicted molar refractivity (Wildman–Crippen MR) is 187 cm³/mol. The molecule has 6 rings (SSSR count). The molecule has 3 aliphatic rings. The molecular weight excluding hydrogens is 651 g/mol. The van der Waals surface area contributed by atoms with Crippen LogP contribution in [0.2, 0.25) is 0 Å². The molecule has 5 atom stereocenters. The Morgan fingerprint density at radius 3 is 2.67 bits per heavy atom. The largest absolute Gasteiger partial charge is 0.378 e. The topological polar surface area (TPSA) is 150 Å². The van der Waals surface area contributed by atoms with Crippen LogP contribution in [0.4, 0.5) is 27.8 Å². The van der Waals surface area contributed by atoms with E-state index in [1.165, 1.54) is 13.4 Å². The summed E-state index contributed by atoms with van der Waals surface area (Å²) in [6.45, 7) is 4.51. The van der Waals surface area contributed by atoms with Gasteiger partial charge in [0.15, 0.2) is 5.82 Å². The number of hydrogen-bond acceptors (Lipinski definition) is 13. The maximum Gasteiger partial charge on any atom is 0.246 e. The highest BCUT2D eigenvalue weighted by atomic mass is 32.2. The van der Waals surface area contributed by atoms with Crippen LogP contribution in [0.3, 0.4) is 0 Å². The molecule has 0 saturated carbocycles. The van der Waals surface area contributed by atoms with E-state index in [0.29, 0.717) is 61.7 Å². The Morgan fingerprint density at radius 2 is 1.96 bits per heavy atom. The van der Waals surface area contributed by atoms with Crippen molar-refractivity contribution in [1.29, 1.82) is 0 Å². The van der Waals surface area contributed by atoms with Crippen LogP contribution < -0.4 is 15.1 Å². The summed E-state index contributed by atoms with van der Waals surface area (Å²) >= 11 is 0. The summed E-state index contributed by atoms with van der Waals surface area (Å²) in [6, 6.07) is 3.28. The van der Waals surface area contributed by atoms with Gasteiger partial charge in [-0.1, -0.05) is 6.08 Å². The van der Waals surface area contributed by atoms with Gasteiger partial charge in [-0.15, -0.1) is 5.10 Å². The lowest BCUT2D eigenvalue weighted by Gasteiger charge is -2.47. The van der Waals surface area contributed by atoms with Crippen LogP contribution in [0.5, 0.6) is 0 Å². The van der Waals surface area contributed by atoms with Crippen molar-refractivity contribution in [3.05, 3.63) is 42.4 Å². The number of nitrogens with zero attached hydrogens (tertiary/aromatic N) is 9. The first-order chi connectivity index (χ1) is 23.4. The highest BCUT2D eigenvalue weighted by Crippen LogP contribution is 2.40. The van der Waals surface area contributed by atoms with Gasteiger partial charge in [-0.05, 0) is 52.4 Å². The Morgan fingerprint density at radius 1 is 1.14 bits per heavy atom. The fraction of sp³-hybridized carbons (Fsp3) is 0.576. The zero-order chi connectivity index (χ0) is 34.9. The normalized spacial score (nSPS) is 24.6. The van der Waals surface area contributed by atoms with Crippen LogP contribution in [0.15, 0.2) is 36.7 Å². The number of hydrogen-bond donors (Lipinski definition) is 1. The summed E-state index contributed by atoms with van der Waals surface area (Å²) in [5, 5.41) is 14.2. The standard InChI is InChI=1S/C33H45FN10O4S/c1-21-22(20-49(5,46)47)18-44(21)32-24-17-36-29(37-28-10-12-35-33(38-28)42-15-11-27(48-4)25(34)19-42)16-23(24)31(39-40-32)26-8-6-14-43(26)30(45)9-7-13-41(2)3/h7,9-10,12,16-17,21-22,25-27H,6,8,11,13-15,18-20H2,1-5H3,(H,35,36,37,38)/b9-7+/t21-,22-,25+,26?,27-/m1/s1. The van der Waals surface area contributed by atoms with E-state index in [1.807, 2.05) is 47.9 Å². The summed E-state index contributed by atoms with van der Waals surface area (Å²) in [5.41, 5.74) is 0.676. The van der Waals surface area contributed by atoms with Gasteiger partial charge in [0.2, 0.25) is 11.9 Å². The van der Waals surface area contributed by atoms with Crippen LogP contribution in [-0.2, 0) is 19.4 Å². The number of halogens is 1. The molecule has 6 heterocycles. The number of pyridine rings is 1. The first-order valence-corrected chi connectivity index (χ1v) is 18.7. The molecule has 3 aromatic heterocycles. The number of ether oxygens (including phenoxy) is 1. The summed E-state index contributed by atoms with van der Waals surface area (Å²) in [4.78, 5) is 34.8. The number of anilines is 4. The molecule has 3 aromatic rings. The van der Waals surface area contributed by atoms with E-state index in [2.05, 4.69) is 25.3 Å². The van der Waals surface area contributed by atoms with Gasteiger partial charge in [0.05, 0.1) is 30.1 Å². The van der Waals surface area contributed by atoms with Crippen molar-refractivity contribution in [1.82, 2.24) is 34.9 Å². The molecule has 14 nitrogen and oxygen atoms in total. The molecule has 1 N–H and O–H groups in total. The number of likely N-dealkylation sites (N-methyl/N-ethyl adjacent to an activating group) is 1. The van der Waals surface area contributed by atoms with Crippen molar-refractivity contribution in [2.24, 2.45) is 5.92 Å². The Balaban J connectivity index is 1.32. The maximum absolute atomic E-state index is 14.6. The van der Waals surface area contributed by atoms with E-state index in [-0.39, 0.29) is 36.2 Å². The number of methoxy groups -OCH3 is 1. The molecule has 49 heavy (non-hydrogen) atoms. The summed E-state index contributed by atoms with van der Waals surface area (Å²) in [5.74, 6) is 2.06. The zero-order valence-corrected chi connectivity index (χ0v) is 29.5. The Bertz CT molecular complexity index is 1810. The number of rotatable bonds is 11. The van der Waals surface area contributed by atoms with Crippen LogP contribution in [-0.4, -0.2) is 134 Å². The smallest absolute Gasteiger partial charge is 0.246 e. The van der Waals surface area contributed by atoms with E-state index >= 15 is 0 Å². The molecule has 0 aliphatic carbocycles. The number of carbonyl (C=O) groups is 1. The summed E-state index contributed by atoms with van der Waals surface area (Å²) in [7, 11) is 2.29. The highest BCUT2D eigenvalue weighted by Gasteiger charge is 2.40. The third-order valence-electron chi connectivity index (χ3n) is 9.62. The minimum absolute atomic E-state index is 0.0164. The molecule has 0 bridgehead atoms. The van der Waals surface area contributed by atoms with Gasteiger partial charge in [-0.2, -0.15) is 10.1 Å². The lowest BCUT2D eigenvalue weighted by atomic mass is 9.91. The van der Waals surface area contributed by atoms with Crippen LogP contribution in [0.1, 0.15) is 37.9 Å². The van der Waals surface area contributed by atoms with Crippen molar-refractivity contribution in [2.75, 3.05) is 81.1 Å². The number of sulfone groups is 1. The number of fused-ring (bicyclic) bond motifs is 1. The van der Waals surface area contributed by atoms with E-state index < -0.39 is 22.1 Å². The number of likely N-dealkylation sites (tertiary alicyclic amines) is 1. The van der Waals surface area contributed by atoms with Gasteiger partial charge >= 0.3 is 0 Å². The van der Waals surface area contributed by atoms with Crippen LogP contribution in [0.25, 0.3) is 10.8 Å². The second-order valence-electron chi connectivity index (χ2n) is 13.5. The highest BCUT2D eigenvalue weighted by molar-refractivity contribution is 7.90. The van der Waals surface area contributed by atoms with Crippen molar-refractivity contribution >= 4 is 49.9 Å². The SMILES string of the molecule is CO[C@@H]1CCN(c2nccc(Nc3cc4c(C5CCCN5C(=O)/C=C/CN(C)C)nnc(N5C[C@H](CS(C)(=O)=O)[C@H]5C)c4cn3)n2)C[C@@H]1F. The van der Waals surface area contributed by atoms with Gasteiger partial charge in [0.25, 0.3) is 0 Å². The van der Waals surface area contributed by atoms with E-state index in [4.69, 9.17) is 14.8 Å². The van der Waals surface area contributed by atoms with E-state index in [0.717, 1.165) is 23.6 Å². The van der Waals surface area contributed by atoms with Gasteiger partial charge in [-0.3, -0.25) is 4.79 Å². The van der Waals surface area contributed by atoms with Crippen molar-refractivity contribution < 1.29 is 22.3 Å². The first-order valence-electron chi connectivity index (χ1n) is 16.7. The second kappa shape index (κ2) is 14.5. The van der Waals surface area contributed by atoms with Gasteiger partial charge in [-0.25, -0.2) is 22.8 Å². The van der Waals surface area contributed by atoms with E-state index in [1.54, 1.807) is 24.5 Å². The Hall–Kier alpha value is -4.02. The molecule has 1 unspecified atom stereocenters. The van der Waals surface area contributed by atoms with E-state index in [9.17, 15) is 17.6 Å². The monoisotopic (exact) mass is 696 g/mol. The third kappa shape index (κ3) is 7.75. The fourth-order valence-corrected chi connectivity index (χ4v) is 8.10. The molecule has 3 aliphatic heterocycles. The van der Waals surface area contributed by atoms with Crippen molar-refractivity contribution in [2.45, 2.75) is 50.5 Å². The average Bonchev–Trinajstić information content (AvgIpc) is 3.55. The number of nitrogens with one attached hydrogen (secondary N) is 1. The molecule has 0 aromatic carbocycles. The molecule has 264 valence electrons. The average molecular weight is 697 g/mol. The summed E-state index contributed by atoms with van der Waals surface area (Å²) in [6.07, 6.45) is 8.63. The molecule has 1 amide bonds. The molecule has 0 radical (unpaired) electrons. The Kier molecular flexibility index (Phi) is 10.3. The minimum Gasteiger partial charge on any atom is -0.378 e. The minimum atomic E-state index is -3.13. The fourth-order valence-electron chi connectivity index (χ4n) is 6.94. The van der Waals surface area contributed by atoms with Crippen molar-refractivity contribution in [3.8, 4) is 0 Å². The van der Waals surface area contributed by atoms with Crippen LogP contribution in [0, 0.1) is 5.92 Å². The molecule has 3 fully saturated rings. The molecular formula is C33H45FN10O4S. The predicted octanol–water partition coefficient (Wildman–Crippen LogP) is 2.77. The van der Waals surface area contributed by atoms with Gasteiger partial charge < -0.3 is 29.7 Å². The second-order valence-corrected chi connectivity index (χ2v) is 15.7. The quantitative estimate of drug-likeness (QED) is 0.293.